The lowest BCUT2D eigenvalue weighted by Gasteiger charge is -2.22. The molecule has 130 valence electrons. The summed E-state index contributed by atoms with van der Waals surface area (Å²) in [6.07, 6.45) is 0.264. The Morgan fingerprint density at radius 2 is 2.00 bits per heavy atom. The molecule has 1 amide bonds. The number of benzene rings is 1. The van der Waals surface area contributed by atoms with Crippen LogP contribution in [0.25, 0.3) is 0 Å². The SMILES string of the molecule is CC(CCNC(C)c1ccc(F)cc1O)NC(=O)OC(C)(C)C. The monoisotopic (exact) mass is 326 g/mol. The first kappa shape index (κ1) is 19.2. The molecule has 0 aromatic heterocycles. The fraction of sp³-hybridized carbons (Fsp3) is 0.588. The summed E-state index contributed by atoms with van der Waals surface area (Å²) >= 11 is 0. The molecular formula is C17H27FN2O3. The van der Waals surface area contributed by atoms with Crippen LogP contribution in [0.15, 0.2) is 18.2 Å². The third-order valence-corrected chi connectivity index (χ3v) is 3.25. The smallest absolute Gasteiger partial charge is 0.407 e. The molecule has 0 fully saturated rings. The second kappa shape index (κ2) is 8.15. The quantitative estimate of drug-likeness (QED) is 0.748. The van der Waals surface area contributed by atoms with E-state index in [1.54, 1.807) is 6.07 Å². The number of carbonyl (C=O) groups excluding carboxylic acids is 1. The van der Waals surface area contributed by atoms with E-state index in [1.807, 2.05) is 34.6 Å². The number of rotatable bonds is 6. The molecule has 0 aliphatic heterocycles. The van der Waals surface area contributed by atoms with E-state index < -0.39 is 17.5 Å². The van der Waals surface area contributed by atoms with Crippen molar-refractivity contribution in [3.63, 3.8) is 0 Å². The van der Waals surface area contributed by atoms with Gasteiger partial charge in [0.1, 0.15) is 17.2 Å². The summed E-state index contributed by atoms with van der Waals surface area (Å²) in [4.78, 5) is 11.6. The first-order valence-corrected chi connectivity index (χ1v) is 7.80. The van der Waals surface area contributed by atoms with Gasteiger partial charge in [0.25, 0.3) is 0 Å². The Morgan fingerprint density at radius 1 is 1.35 bits per heavy atom. The maximum atomic E-state index is 13.0. The number of alkyl carbamates (subject to hydrolysis) is 1. The third kappa shape index (κ3) is 7.32. The van der Waals surface area contributed by atoms with Crippen LogP contribution in [0.5, 0.6) is 5.75 Å². The normalized spacial score (nSPS) is 14.2. The Labute approximate surface area is 137 Å². The molecule has 0 spiro atoms. The third-order valence-electron chi connectivity index (χ3n) is 3.25. The summed E-state index contributed by atoms with van der Waals surface area (Å²) in [5.41, 5.74) is 0.121. The number of ether oxygens (including phenoxy) is 1. The van der Waals surface area contributed by atoms with Gasteiger partial charge in [0, 0.05) is 23.7 Å². The lowest BCUT2D eigenvalue weighted by molar-refractivity contribution is 0.0506. The van der Waals surface area contributed by atoms with Gasteiger partial charge in [-0.3, -0.25) is 0 Å². The molecule has 2 atom stereocenters. The van der Waals surface area contributed by atoms with Crippen molar-refractivity contribution in [2.45, 2.75) is 58.7 Å². The molecule has 1 rings (SSSR count). The predicted octanol–water partition coefficient (Wildman–Crippen LogP) is 3.49. The second-order valence-corrected chi connectivity index (χ2v) is 6.71. The molecule has 1 aromatic rings. The van der Waals surface area contributed by atoms with Crippen molar-refractivity contribution in [3.8, 4) is 5.75 Å². The standard InChI is InChI=1S/C17H27FN2O3/c1-11(20-16(22)23-17(3,4)5)8-9-19-12(2)14-7-6-13(18)10-15(14)21/h6-7,10-12,19,21H,8-9H2,1-5H3,(H,20,22). The lowest BCUT2D eigenvalue weighted by atomic mass is 10.1. The molecule has 2 unspecified atom stereocenters. The summed E-state index contributed by atoms with van der Waals surface area (Å²) in [5.74, 6) is -0.529. The molecule has 0 aliphatic rings. The van der Waals surface area contributed by atoms with Crippen molar-refractivity contribution < 1.29 is 19.0 Å². The van der Waals surface area contributed by atoms with E-state index in [4.69, 9.17) is 4.74 Å². The summed E-state index contributed by atoms with van der Waals surface area (Å²) in [6.45, 7) is 9.86. The summed E-state index contributed by atoms with van der Waals surface area (Å²) < 4.78 is 18.2. The molecule has 0 saturated carbocycles. The Morgan fingerprint density at radius 3 is 2.57 bits per heavy atom. The maximum Gasteiger partial charge on any atom is 0.407 e. The highest BCUT2D eigenvalue weighted by molar-refractivity contribution is 5.68. The zero-order valence-corrected chi connectivity index (χ0v) is 14.4. The predicted molar refractivity (Wildman–Crippen MR) is 87.9 cm³/mol. The van der Waals surface area contributed by atoms with Gasteiger partial charge >= 0.3 is 6.09 Å². The zero-order chi connectivity index (χ0) is 17.6. The molecule has 0 aliphatic carbocycles. The number of phenolic OH excluding ortho intramolecular Hbond substituents is 1. The topological polar surface area (TPSA) is 70.6 Å². The molecule has 0 bridgehead atoms. The van der Waals surface area contributed by atoms with E-state index in [2.05, 4.69) is 10.6 Å². The Balaban J connectivity index is 2.37. The fourth-order valence-corrected chi connectivity index (χ4v) is 2.09. The Kier molecular flexibility index (Phi) is 6.81. The van der Waals surface area contributed by atoms with Crippen LogP contribution in [0.3, 0.4) is 0 Å². The van der Waals surface area contributed by atoms with Crippen LogP contribution in [-0.4, -0.2) is 29.4 Å². The van der Waals surface area contributed by atoms with Gasteiger partial charge in [0.2, 0.25) is 0 Å². The molecular weight excluding hydrogens is 299 g/mol. The molecule has 0 saturated heterocycles. The number of carbonyl (C=O) groups is 1. The van der Waals surface area contributed by atoms with Crippen molar-refractivity contribution in [2.75, 3.05) is 6.54 Å². The van der Waals surface area contributed by atoms with E-state index in [9.17, 15) is 14.3 Å². The highest BCUT2D eigenvalue weighted by atomic mass is 19.1. The van der Waals surface area contributed by atoms with Gasteiger partial charge in [-0.05, 0) is 53.7 Å². The van der Waals surface area contributed by atoms with Crippen LogP contribution in [0.2, 0.25) is 0 Å². The van der Waals surface area contributed by atoms with E-state index in [0.29, 0.717) is 18.5 Å². The minimum Gasteiger partial charge on any atom is -0.508 e. The number of hydrogen-bond donors (Lipinski definition) is 3. The van der Waals surface area contributed by atoms with E-state index in [1.165, 1.54) is 6.07 Å². The van der Waals surface area contributed by atoms with Gasteiger partial charge in [-0.2, -0.15) is 0 Å². The zero-order valence-electron chi connectivity index (χ0n) is 14.4. The fourth-order valence-electron chi connectivity index (χ4n) is 2.09. The molecule has 0 radical (unpaired) electrons. The van der Waals surface area contributed by atoms with Crippen molar-refractivity contribution in [3.05, 3.63) is 29.6 Å². The van der Waals surface area contributed by atoms with Gasteiger partial charge in [0.15, 0.2) is 0 Å². The molecule has 1 aromatic carbocycles. The van der Waals surface area contributed by atoms with E-state index in [-0.39, 0.29) is 17.8 Å². The Hall–Kier alpha value is -1.82. The van der Waals surface area contributed by atoms with Crippen LogP contribution in [0.1, 0.15) is 52.6 Å². The van der Waals surface area contributed by atoms with E-state index >= 15 is 0 Å². The molecule has 5 nitrogen and oxygen atoms in total. The number of amides is 1. The molecule has 3 N–H and O–H groups in total. The first-order valence-electron chi connectivity index (χ1n) is 7.80. The lowest BCUT2D eigenvalue weighted by Crippen LogP contribution is -2.39. The van der Waals surface area contributed by atoms with Gasteiger partial charge in [-0.1, -0.05) is 6.07 Å². The average molecular weight is 326 g/mol. The highest BCUT2D eigenvalue weighted by Crippen LogP contribution is 2.24. The Bertz CT molecular complexity index is 529. The van der Waals surface area contributed by atoms with Crippen molar-refractivity contribution >= 4 is 6.09 Å². The average Bonchev–Trinajstić information content (AvgIpc) is 2.35. The van der Waals surface area contributed by atoms with Gasteiger partial charge in [0.05, 0.1) is 0 Å². The summed E-state index contributed by atoms with van der Waals surface area (Å²) in [5, 5.41) is 15.7. The number of aromatic hydroxyl groups is 1. The van der Waals surface area contributed by atoms with Crippen LogP contribution in [0, 0.1) is 5.82 Å². The highest BCUT2D eigenvalue weighted by Gasteiger charge is 2.17. The largest absolute Gasteiger partial charge is 0.508 e. The maximum absolute atomic E-state index is 13.0. The van der Waals surface area contributed by atoms with Crippen LogP contribution in [-0.2, 0) is 4.74 Å². The van der Waals surface area contributed by atoms with Crippen molar-refractivity contribution in [1.29, 1.82) is 0 Å². The summed E-state index contributed by atoms with van der Waals surface area (Å²) in [6, 6.07) is 3.81. The number of phenols is 1. The number of nitrogens with one attached hydrogen (secondary N) is 2. The van der Waals surface area contributed by atoms with Crippen molar-refractivity contribution in [1.82, 2.24) is 10.6 Å². The van der Waals surface area contributed by atoms with Gasteiger partial charge < -0.3 is 20.5 Å². The van der Waals surface area contributed by atoms with E-state index in [0.717, 1.165) is 6.07 Å². The van der Waals surface area contributed by atoms with Crippen LogP contribution in [0.4, 0.5) is 9.18 Å². The van der Waals surface area contributed by atoms with Crippen LogP contribution < -0.4 is 10.6 Å². The minimum absolute atomic E-state index is 0.0497. The van der Waals surface area contributed by atoms with Crippen LogP contribution >= 0.6 is 0 Å². The second-order valence-electron chi connectivity index (χ2n) is 6.71. The molecule has 23 heavy (non-hydrogen) atoms. The van der Waals surface area contributed by atoms with Crippen molar-refractivity contribution in [2.24, 2.45) is 0 Å². The minimum atomic E-state index is -0.517. The molecule has 6 heteroatoms. The summed E-state index contributed by atoms with van der Waals surface area (Å²) in [7, 11) is 0. The first-order chi connectivity index (χ1) is 10.6. The van der Waals surface area contributed by atoms with Gasteiger partial charge in [-0.15, -0.1) is 0 Å². The molecule has 0 heterocycles. The number of hydrogen-bond acceptors (Lipinski definition) is 4. The van der Waals surface area contributed by atoms with Gasteiger partial charge in [-0.25, -0.2) is 9.18 Å². The number of halogens is 1.